The minimum atomic E-state index is -3.38. The fraction of sp³-hybridized carbons (Fsp3) is 0.636. The molecule has 1 aliphatic heterocycles. The average molecular weight is 289 g/mol. The summed E-state index contributed by atoms with van der Waals surface area (Å²) in [5.41, 5.74) is 6.04. The van der Waals surface area contributed by atoms with Gasteiger partial charge in [0.15, 0.2) is 0 Å². The van der Waals surface area contributed by atoms with E-state index in [0.29, 0.717) is 22.4 Å². The highest BCUT2D eigenvalue weighted by atomic mass is 32.2. The van der Waals surface area contributed by atoms with Gasteiger partial charge in [0.1, 0.15) is 4.21 Å². The van der Waals surface area contributed by atoms with E-state index in [1.54, 1.807) is 5.38 Å². The van der Waals surface area contributed by atoms with Crippen LogP contribution in [-0.2, 0) is 10.0 Å². The van der Waals surface area contributed by atoms with Gasteiger partial charge in [-0.2, -0.15) is 0 Å². The van der Waals surface area contributed by atoms with Crippen LogP contribution in [0.3, 0.4) is 0 Å². The van der Waals surface area contributed by atoms with Gasteiger partial charge in [-0.25, -0.2) is 13.1 Å². The van der Waals surface area contributed by atoms with Gasteiger partial charge in [0.25, 0.3) is 0 Å². The highest BCUT2D eigenvalue weighted by Gasteiger charge is 2.21. The number of hydrogen-bond donors (Lipinski definition) is 2. The maximum absolute atomic E-state index is 12.0. The largest absolute Gasteiger partial charge is 0.398 e. The van der Waals surface area contributed by atoms with Crippen LogP contribution >= 0.6 is 11.3 Å². The van der Waals surface area contributed by atoms with Crippen molar-refractivity contribution >= 4 is 27.0 Å². The number of anilines is 1. The second-order valence-corrected chi connectivity index (χ2v) is 7.70. The summed E-state index contributed by atoms with van der Waals surface area (Å²) in [6.45, 7) is 2.60. The first-order valence-electron chi connectivity index (χ1n) is 5.99. The summed E-state index contributed by atoms with van der Waals surface area (Å²) >= 11 is 1.16. The highest BCUT2D eigenvalue weighted by molar-refractivity contribution is 7.91. The van der Waals surface area contributed by atoms with Gasteiger partial charge in [0.2, 0.25) is 10.0 Å². The van der Waals surface area contributed by atoms with Gasteiger partial charge in [-0.1, -0.05) is 0 Å². The molecular formula is C11H19N3O2S2. The number of nitrogen functional groups attached to an aromatic ring is 1. The third-order valence-corrected chi connectivity index (χ3v) is 6.14. The van der Waals surface area contributed by atoms with Crippen LogP contribution in [0.1, 0.15) is 12.8 Å². The molecule has 1 fully saturated rings. The lowest BCUT2D eigenvalue weighted by Gasteiger charge is -2.28. The fourth-order valence-corrected chi connectivity index (χ4v) is 4.28. The number of piperidine rings is 1. The Bertz CT molecular complexity index is 490. The zero-order valence-corrected chi connectivity index (χ0v) is 12.1. The molecule has 1 aromatic rings. The topological polar surface area (TPSA) is 75.4 Å². The molecule has 1 aliphatic rings. The summed E-state index contributed by atoms with van der Waals surface area (Å²) in [6.07, 6.45) is 2.09. The summed E-state index contributed by atoms with van der Waals surface area (Å²) in [5.74, 6) is 0.438. The van der Waals surface area contributed by atoms with Crippen molar-refractivity contribution in [3.8, 4) is 0 Å². The standard InChI is InChI=1S/C11H19N3O2S2/c1-14-4-2-9(3-5-14)7-13-18(15,16)11-6-10(12)8-17-11/h6,8-9,13H,2-5,7,12H2,1H3. The van der Waals surface area contributed by atoms with E-state index in [0.717, 1.165) is 37.3 Å². The van der Waals surface area contributed by atoms with Crippen molar-refractivity contribution in [3.63, 3.8) is 0 Å². The molecule has 0 unspecified atom stereocenters. The van der Waals surface area contributed by atoms with Gasteiger partial charge in [-0.15, -0.1) is 11.3 Å². The Balaban J connectivity index is 1.90. The molecule has 3 N–H and O–H groups in total. The molecule has 0 aromatic carbocycles. The molecule has 1 saturated heterocycles. The van der Waals surface area contributed by atoms with Crippen LogP contribution in [0.4, 0.5) is 5.69 Å². The predicted octanol–water partition coefficient (Wildman–Crippen LogP) is 0.950. The predicted molar refractivity (Wildman–Crippen MR) is 74.1 cm³/mol. The van der Waals surface area contributed by atoms with Crippen molar-refractivity contribution in [2.75, 3.05) is 32.4 Å². The van der Waals surface area contributed by atoms with Crippen molar-refractivity contribution in [2.45, 2.75) is 17.1 Å². The van der Waals surface area contributed by atoms with Gasteiger partial charge in [0.05, 0.1) is 0 Å². The maximum atomic E-state index is 12.0. The van der Waals surface area contributed by atoms with Crippen LogP contribution in [0, 0.1) is 5.92 Å². The number of nitrogens with two attached hydrogens (primary N) is 1. The second-order valence-electron chi connectivity index (χ2n) is 4.80. The molecular weight excluding hydrogens is 270 g/mol. The van der Waals surface area contributed by atoms with Gasteiger partial charge in [-0.3, -0.25) is 0 Å². The third-order valence-electron chi connectivity index (χ3n) is 3.26. The lowest BCUT2D eigenvalue weighted by molar-refractivity contribution is 0.220. The number of sulfonamides is 1. The van der Waals surface area contributed by atoms with Gasteiger partial charge >= 0.3 is 0 Å². The summed E-state index contributed by atoms with van der Waals surface area (Å²) in [7, 11) is -1.29. The monoisotopic (exact) mass is 289 g/mol. The molecule has 7 heteroatoms. The minimum Gasteiger partial charge on any atom is -0.398 e. The first-order valence-corrected chi connectivity index (χ1v) is 8.36. The molecule has 0 aliphatic carbocycles. The highest BCUT2D eigenvalue weighted by Crippen LogP contribution is 2.22. The van der Waals surface area contributed by atoms with E-state index < -0.39 is 10.0 Å². The molecule has 0 atom stereocenters. The first-order chi connectivity index (χ1) is 8.47. The third kappa shape index (κ3) is 3.44. The molecule has 18 heavy (non-hydrogen) atoms. The molecule has 0 saturated carbocycles. The quantitative estimate of drug-likeness (QED) is 0.865. The average Bonchev–Trinajstić information content (AvgIpc) is 2.76. The van der Waals surface area contributed by atoms with E-state index in [9.17, 15) is 8.42 Å². The van der Waals surface area contributed by atoms with Crippen molar-refractivity contribution < 1.29 is 8.42 Å². The zero-order valence-electron chi connectivity index (χ0n) is 10.4. The van der Waals surface area contributed by atoms with Crippen LogP contribution in [0.2, 0.25) is 0 Å². The molecule has 1 aromatic heterocycles. The Hall–Kier alpha value is -0.630. The summed E-state index contributed by atoms with van der Waals surface area (Å²) in [4.78, 5) is 2.27. The Morgan fingerprint density at radius 2 is 2.17 bits per heavy atom. The van der Waals surface area contributed by atoms with Gasteiger partial charge in [0, 0.05) is 17.6 Å². The molecule has 5 nitrogen and oxygen atoms in total. The number of hydrogen-bond acceptors (Lipinski definition) is 5. The van der Waals surface area contributed by atoms with Crippen LogP contribution in [-0.4, -0.2) is 40.0 Å². The van der Waals surface area contributed by atoms with Gasteiger partial charge < -0.3 is 10.6 Å². The fourth-order valence-electron chi connectivity index (χ4n) is 2.04. The first kappa shape index (κ1) is 13.8. The summed E-state index contributed by atoms with van der Waals surface area (Å²) in [5, 5.41) is 1.64. The van der Waals surface area contributed by atoms with Crippen LogP contribution in [0.5, 0.6) is 0 Å². The molecule has 0 bridgehead atoms. The molecule has 102 valence electrons. The van der Waals surface area contributed by atoms with E-state index in [2.05, 4.69) is 16.7 Å². The maximum Gasteiger partial charge on any atom is 0.250 e. The lowest BCUT2D eigenvalue weighted by atomic mass is 9.98. The smallest absolute Gasteiger partial charge is 0.250 e. The SMILES string of the molecule is CN1CCC(CNS(=O)(=O)c2cc(N)cs2)CC1. The van der Waals surface area contributed by atoms with E-state index in [4.69, 9.17) is 5.73 Å². The Morgan fingerprint density at radius 3 is 2.72 bits per heavy atom. The number of thiophene rings is 1. The summed E-state index contributed by atoms with van der Waals surface area (Å²) in [6, 6.07) is 1.50. The molecule has 0 radical (unpaired) electrons. The molecule has 0 amide bonds. The van der Waals surface area contributed by atoms with E-state index in [1.807, 2.05) is 0 Å². The zero-order chi connectivity index (χ0) is 13.2. The number of nitrogens with zero attached hydrogens (tertiary/aromatic N) is 1. The van der Waals surface area contributed by atoms with Crippen molar-refractivity contribution in [2.24, 2.45) is 5.92 Å². The second kappa shape index (κ2) is 5.56. The van der Waals surface area contributed by atoms with E-state index >= 15 is 0 Å². The van der Waals surface area contributed by atoms with Crippen molar-refractivity contribution in [1.29, 1.82) is 0 Å². The van der Waals surface area contributed by atoms with Crippen LogP contribution < -0.4 is 10.5 Å². The normalized spacial score (nSPS) is 19.2. The minimum absolute atomic E-state index is 0.299. The van der Waals surface area contributed by atoms with Crippen molar-refractivity contribution in [3.05, 3.63) is 11.4 Å². The van der Waals surface area contributed by atoms with Crippen LogP contribution in [0.15, 0.2) is 15.7 Å². The van der Waals surface area contributed by atoms with E-state index in [1.165, 1.54) is 6.07 Å². The number of rotatable bonds is 4. The Morgan fingerprint density at radius 1 is 1.50 bits per heavy atom. The summed E-state index contributed by atoms with van der Waals surface area (Å²) < 4.78 is 27.0. The van der Waals surface area contributed by atoms with Crippen LogP contribution in [0.25, 0.3) is 0 Å². The molecule has 2 heterocycles. The lowest BCUT2D eigenvalue weighted by Crippen LogP contribution is -2.36. The van der Waals surface area contributed by atoms with Gasteiger partial charge in [-0.05, 0) is 45.0 Å². The molecule has 2 rings (SSSR count). The Labute approximate surface area is 112 Å². The number of nitrogens with one attached hydrogen (secondary N) is 1. The Kier molecular flexibility index (Phi) is 4.26. The van der Waals surface area contributed by atoms with Crippen molar-refractivity contribution in [1.82, 2.24) is 9.62 Å². The number of likely N-dealkylation sites (tertiary alicyclic amines) is 1. The molecule has 0 spiro atoms. The van der Waals surface area contributed by atoms with E-state index in [-0.39, 0.29) is 0 Å².